The summed E-state index contributed by atoms with van der Waals surface area (Å²) in [4.78, 5) is 0. The summed E-state index contributed by atoms with van der Waals surface area (Å²) in [6, 6.07) is 43.4. The lowest BCUT2D eigenvalue weighted by Crippen LogP contribution is -2.26. The van der Waals surface area contributed by atoms with E-state index in [0.717, 1.165) is 28.7 Å². The number of hydrogen-bond acceptors (Lipinski definition) is 2. The van der Waals surface area contributed by atoms with Gasteiger partial charge in [0.05, 0.1) is 0 Å². The van der Waals surface area contributed by atoms with Gasteiger partial charge in [0.25, 0.3) is 0 Å². The molecule has 2 nitrogen and oxygen atoms in total. The van der Waals surface area contributed by atoms with E-state index < -0.39 is 5.41 Å². The average molecular weight is 599 g/mol. The Morgan fingerprint density at radius 1 is 0.500 bits per heavy atom. The summed E-state index contributed by atoms with van der Waals surface area (Å²) in [7, 11) is 0. The summed E-state index contributed by atoms with van der Waals surface area (Å²) in [5, 5.41) is 23.7. The molecule has 46 heavy (non-hydrogen) atoms. The standard InChI is InChI=1S/C44H38O2/c1-5-28-24-30(44(6-2)39-21-13-9-17-33(39)34-18-10-14-22-40(34)44)26-36(42(28)46)35-25-29(23-27(3)41(35)45)43(4)37-19-11-7-15-31(37)32-16-8-12-20-38(32)43/h7-26,45-46H,5-6H2,1-4H3. The first-order valence-corrected chi connectivity index (χ1v) is 16.4. The normalized spacial score (nSPS) is 14.8. The smallest absolute Gasteiger partial charge is 0.126 e. The average Bonchev–Trinajstić information content (AvgIpc) is 3.54. The van der Waals surface area contributed by atoms with Crippen LogP contribution in [0.5, 0.6) is 11.5 Å². The highest BCUT2D eigenvalue weighted by atomic mass is 16.3. The highest BCUT2D eigenvalue weighted by Crippen LogP contribution is 2.57. The first-order valence-electron chi connectivity index (χ1n) is 16.4. The van der Waals surface area contributed by atoms with Crippen molar-refractivity contribution in [1.29, 1.82) is 0 Å². The Morgan fingerprint density at radius 3 is 1.43 bits per heavy atom. The van der Waals surface area contributed by atoms with Gasteiger partial charge >= 0.3 is 0 Å². The molecule has 2 heteroatoms. The monoisotopic (exact) mass is 598 g/mol. The molecule has 6 aromatic carbocycles. The Bertz CT molecular complexity index is 2090. The molecule has 0 unspecified atom stereocenters. The van der Waals surface area contributed by atoms with Gasteiger partial charge in [-0.1, -0.05) is 123 Å². The maximum absolute atomic E-state index is 11.9. The molecule has 0 spiro atoms. The second kappa shape index (κ2) is 10.2. The van der Waals surface area contributed by atoms with Gasteiger partial charge in [0.15, 0.2) is 0 Å². The lowest BCUT2D eigenvalue weighted by Gasteiger charge is -2.33. The number of phenolic OH excluding ortho intramolecular Hbond substituents is 2. The molecule has 0 aromatic heterocycles. The minimum Gasteiger partial charge on any atom is -0.507 e. The highest BCUT2D eigenvalue weighted by molar-refractivity contribution is 5.87. The van der Waals surface area contributed by atoms with Gasteiger partial charge in [0.1, 0.15) is 11.5 Å². The molecule has 0 aliphatic heterocycles. The van der Waals surface area contributed by atoms with Crippen molar-refractivity contribution in [2.45, 2.75) is 51.4 Å². The summed E-state index contributed by atoms with van der Waals surface area (Å²) >= 11 is 0. The lowest BCUT2D eigenvalue weighted by atomic mass is 9.69. The number of rotatable bonds is 5. The molecule has 6 aromatic rings. The first kappa shape index (κ1) is 28.4. The van der Waals surface area contributed by atoms with Gasteiger partial charge in [-0.3, -0.25) is 0 Å². The van der Waals surface area contributed by atoms with Gasteiger partial charge in [-0.2, -0.15) is 0 Å². The largest absolute Gasteiger partial charge is 0.507 e. The zero-order chi connectivity index (χ0) is 31.8. The zero-order valence-corrected chi connectivity index (χ0v) is 26.9. The number of aromatic hydroxyl groups is 2. The Balaban J connectivity index is 1.40. The third-order valence-corrected chi connectivity index (χ3v) is 11.0. The maximum atomic E-state index is 11.9. The van der Waals surface area contributed by atoms with Gasteiger partial charge < -0.3 is 10.2 Å². The summed E-state index contributed by atoms with van der Waals surface area (Å²) in [5.41, 5.74) is 14.6. The Morgan fingerprint density at radius 2 is 0.935 bits per heavy atom. The van der Waals surface area contributed by atoms with Crippen LogP contribution in [0.2, 0.25) is 0 Å². The summed E-state index contributed by atoms with van der Waals surface area (Å²) in [5.74, 6) is 0.445. The third-order valence-electron chi connectivity index (χ3n) is 11.0. The van der Waals surface area contributed by atoms with Crippen molar-refractivity contribution in [2.75, 3.05) is 0 Å². The van der Waals surface area contributed by atoms with Crippen molar-refractivity contribution in [3.05, 3.63) is 166 Å². The summed E-state index contributed by atoms with van der Waals surface area (Å²) in [6.45, 7) is 8.61. The van der Waals surface area contributed by atoms with E-state index in [-0.39, 0.29) is 16.9 Å². The molecule has 0 radical (unpaired) electrons. The van der Waals surface area contributed by atoms with Gasteiger partial charge in [0.2, 0.25) is 0 Å². The van der Waals surface area contributed by atoms with E-state index >= 15 is 0 Å². The zero-order valence-electron chi connectivity index (χ0n) is 26.9. The molecule has 0 atom stereocenters. The number of fused-ring (bicyclic) bond motifs is 6. The first-order chi connectivity index (χ1) is 22.3. The number of aryl methyl sites for hydroxylation is 2. The minimum atomic E-state index is -0.421. The van der Waals surface area contributed by atoms with E-state index in [2.05, 4.69) is 142 Å². The fourth-order valence-corrected chi connectivity index (χ4v) is 8.67. The SMILES string of the molecule is CCc1cc(C2(CC)c3ccccc3-c3ccccc32)cc(-c2cc(C3(C)c4ccccc4-c4ccccc43)cc(C)c2O)c1O. The number of hydrogen-bond donors (Lipinski definition) is 2. The molecule has 0 saturated carbocycles. The lowest BCUT2D eigenvalue weighted by molar-refractivity contribution is 0.462. The van der Waals surface area contributed by atoms with E-state index in [1.807, 2.05) is 6.92 Å². The van der Waals surface area contributed by atoms with Crippen LogP contribution in [0, 0.1) is 6.92 Å². The fourth-order valence-electron chi connectivity index (χ4n) is 8.67. The molecule has 2 aliphatic rings. The molecule has 2 aliphatic carbocycles. The predicted molar refractivity (Wildman–Crippen MR) is 189 cm³/mol. The van der Waals surface area contributed by atoms with Crippen LogP contribution in [0.4, 0.5) is 0 Å². The molecule has 226 valence electrons. The van der Waals surface area contributed by atoms with E-state index in [4.69, 9.17) is 0 Å². The molecule has 0 fully saturated rings. The van der Waals surface area contributed by atoms with Crippen LogP contribution in [0.25, 0.3) is 33.4 Å². The number of benzene rings is 6. The van der Waals surface area contributed by atoms with Gasteiger partial charge in [-0.15, -0.1) is 0 Å². The van der Waals surface area contributed by atoms with Crippen molar-refractivity contribution in [1.82, 2.24) is 0 Å². The van der Waals surface area contributed by atoms with Gasteiger partial charge in [-0.05, 0) is 106 Å². The van der Waals surface area contributed by atoms with Crippen LogP contribution in [0.1, 0.15) is 71.7 Å². The Kier molecular flexibility index (Phi) is 6.31. The molecule has 0 saturated heterocycles. The van der Waals surface area contributed by atoms with Crippen LogP contribution in [0.15, 0.2) is 121 Å². The van der Waals surface area contributed by atoms with Crippen LogP contribution < -0.4 is 0 Å². The molecule has 0 amide bonds. The van der Waals surface area contributed by atoms with E-state index in [0.29, 0.717) is 17.5 Å². The Labute approximate surface area is 271 Å². The molecule has 0 heterocycles. The van der Waals surface area contributed by atoms with Crippen molar-refractivity contribution >= 4 is 0 Å². The van der Waals surface area contributed by atoms with E-state index in [9.17, 15) is 10.2 Å². The van der Waals surface area contributed by atoms with Crippen LogP contribution >= 0.6 is 0 Å². The molecular formula is C44H38O2. The van der Waals surface area contributed by atoms with Crippen molar-refractivity contribution in [3.63, 3.8) is 0 Å². The Hall–Kier alpha value is -5.08. The quantitative estimate of drug-likeness (QED) is 0.207. The third kappa shape index (κ3) is 3.64. The second-order valence-corrected chi connectivity index (χ2v) is 13.1. The molecule has 8 rings (SSSR count). The second-order valence-electron chi connectivity index (χ2n) is 13.1. The van der Waals surface area contributed by atoms with Crippen LogP contribution in [0.3, 0.4) is 0 Å². The highest BCUT2D eigenvalue weighted by Gasteiger charge is 2.44. The molecule has 2 N–H and O–H groups in total. The molecule has 0 bridgehead atoms. The summed E-state index contributed by atoms with van der Waals surface area (Å²) < 4.78 is 0. The topological polar surface area (TPSA) is 40.5 Å². The van der Waals surface area contributed by atoms with E-state index in [1.165, 1.54) is 44.5 Å². The van der Waals surface area contributed by atoms with Crippen molar-refractivity contribution in [2.24, 2.45) is 0 Å². The molecular weight excluding hydrogens is 560 g/mol. The van der Waals surface area contributed by atoms with Crippen molar-refractivity contribution < 1.29 is 10.2 Å². The maximum Gasteiger partial charge on any atom is 0.126 e. The van der Waals surface area contributed by atoms with Gasteiger partial charge in [0, 0.05) is 22.0 Å². The van der Waals surface area contributed by atoms with Gasteiger partial charge in [-0.25, -0.2) is 0 Å². The predicted octanol–water partition coefficient (Wildman–Crippen LogP) is 10.7. The van der Waals surface area contributed by atoms with E-state index in [1.54, 1.807) is 0 Å². The van der Waals surface area contributed by atoms with Crippen LogP contribution in [-0.4, -0.2) is 10.2 Å². The summed E-state index contributed by atoms with van der Waals surface area (Å²) in [6.07, 6.45) is 1.54. The van der Waals surface area contributed by atoms with Crippen molar-refractivity contribution in [3.8, 4) is 44.9 Å². The number of phenols is 2. The van der Waals surface area contributed by atoms with Crippen LogP contribution in [-0.2, 0) is 17.3 Å². The fraction of sp³-hybridized carbons (Fsp3) is 0.182. The minimum absolute atomic E-state index is 0.208.